The first kappa shape index (κ1) is 22.8. The van der Waals surface area contributed by atoms with Crippen molar-refractivity contribution in [2.75, 3.05) is 20.2 Å². The molecule has 1 N–H and O–H groups in total. The Hall–Kier alpha value is -3.38. The van der Waals surface area contributed by atoms with E-state index in [2.05, 4.69) is 4.90 Å². The predicted octanol–water partition coefficient (Wildman–Crippen LogP) is 5.30. The molecule has 5 nitrogen and oxygen atoms in total. The Kier molecular flexibility index (Phi) is 7.25. The second-order valence-corrected chi connectivity index (χ2v) is 8.31. The van der Waals surface area contributed by atoms with Crippen molar-refractivity contribution >= 4 is 5.97 Å². The van der Waals surface area contributed by atoms with Crippen molar-refractivity contribution in [2.45, 2.75) is 25.5 Å². The molecule has 6 heteroatoms. The highest BCUT2D eigenvalue weighted by atomic mass is 19.1. The van der Waals surface area contributed by atoms with Gasteiger partial charge in [-0.3, -0.25) is 9.69 Å². The monoisotopic (exact) mass is 449 g/mol. The lowest BCUT2D eigenvalue weighted by atomic mass is 9.91. The third-order valence-electron chi connectivity index (χ3n) is 6.07. The van der Waals surface area contributed by atoms with E-state index < -0.39 is 11.9 Å². The van der Waals surface area contributed by atoms with Crippen LogP contribution in [-0.4, -0.2) is 36.2 Å². The summed E-state index contributed by atoms with van der Waals surface area (Å²) >= 11 is 0. The third kappa shape index (κ3) is 5.52. The standard InChI is InChI=1S/C27H28FNO4/c1-32-25-16-21(12-13-24(25)33-18-19-7-3-2-4-8-19)26(20-9-5-11-23(28)15-20)29-14-6-10-22(17-29)27(30)31/h2-5,7-9,11-13,15-16,22,26H,6,10,14,17-18H2,1H3,(H,30,31). The summed E-state index contributed by atoms with van der Waals surface area (Å²) in [5.74, 6) is -0.356. The van der Waals surface area contributed by atoms with Crippen LogP contribution in [0.1, 0.15) is 35.6 Å². The van der Waals surface area contributed by atoms with Crippen molar-refractivity contribution in [3.8, 4) is 11.5 Å². The van der Waals surface area contributed by atoms with Crippen molar-refractivity contribution in [2.24, 2.45) is 5.92 Å². The van der Waals surface area contributed by atoms with Crippen LogP contribution in [0.4, 0.5) is 4.39 Å². The van der Waals surface area contributed by atoms with Crippen LogP contribution in [0.5, 0.6) is 11.5 Å². The van der Waals surface area contributed by atoms with Crippen LogP contribution in [-0.2, 0) is 11.4 Å². The number of piperidine rings is 1. The smallest absolute Gasteiger partial charge is 0.307 e. The summed E-state index contributed by atoms with van der Waals surface area (Å²) in [6, 6.07) is 21.8. The summed E-state index contributed by atoms with van der Waals surface area (Å²) in [5.41, 5.74) is 2.73. The van der Waals surface area contributed by atoms with Gasteiger partial charge in [-0.25, -0.2) is 4.39 Å². The minimum Gasteiger partial charge on any atom is -0.493 e. The first-order chi connectivity index (χ1) is 16.0. The molecule has 0 bridgehead atoms. The summed E-state index contributed by atoms with van der Waals surface area (Å²) < 4.78 is 25.7. The van der Waals surface area contributed by atoms with Gasteiger partial charge in [0.05, 0.1) is 19.1 Å². The fourth-order valence-electron chi connectivity index (χ4n) is 4.44. The number of methoxy groups -OCH3 is 1. The molecule has 3 aromatic carbocycles. The van der Waals surface area contributed by atoms with Crippen LogP contribution in [0.25, 0.3) is 0 Å². The zero-order valence-corrected chi connectivity index (χ0v) is 18.6. The molecule has 1 heterocycles. The number of likely N-dealkylation sites (tertiary alicyclic amines) is 1. The van der Waals surface area contributed by atoms with Crippen molar-refractivity contribution in [1.82, 2.24) is 4.90 Å². The number of rotatable bonds is 8. The lowest BCUT2D eigenvalue weighted by Gasteiger charge is -2.37. The lowest BCUT2D eigenvalue weighted by molar-refractivity contribution is -0.143. The van der Waals surface area contributed by atoms with Crippen molar-refractivity contribution < 1.29 is 23.8 Å². The minimum absolute atomic E-state index is 0.292. The van der Waals surface area contributed by atoms with E-state index in [1.807, 2.05) is 54.6 Å². The van der Waals surface area contributed by atoms with E-state index in [-0.39, 0.29) is 11.9 Å². The highest BCUT2D eigenvalue weighted by Gasteiger charge is 2.32. The number of aliphatic carboxylic acids is 1. The number of carboxylic acids is 1. The topological polar surface area (TPSA) is 59.0 Å². The lowest BCUT2D eigenvalue weighted by Crippen LogP contribution is -2.41. The van der Waals surface area contributed by atoms with Gasteiger partial charge in [0.2, 0.25) is 0 Å². The van der Waals surface area contributed by atoms with Crippen molar-refractivity contribution in [3.05, 3.63) is 95.3 Å². The fourth-order valence-corrected chi connectivity index (χ4v) is 4.44. The van der Waals surface area contributed by atoms with Crippen molar-refractivity contribution in [3.63, 3.8) is 0 Å². The van der Waals surface area contributed by atoms with E-state index in [9.17, 15) is 14.3 Å². The number of carboxylic acid groups (broad SMARTS) is 1. The molecular weight excluding hydrogens is 421 g/mol. The van der Waals surface area contributed by atoms with E-state index in [4.69, 9.17) is 9.47 Å². The normalized spacial score (nSPS) is 17.3. The molecule has 0 aliphatic carbocycles. The Bertz CT molecular complexity index is 1090. The van der Waals surface area contributed by atoms with Crippen LogP contribution in [0.15, 0.2) is 72.8 Å². The average molecular weight is 450 g/mol. The maximum atomic E-state index is 14.1. The summed E-state index contributed by atoms with van der Waals surface area (Å²) in [6.07, 6.45) is 1.43. The molecule has 1 fully saturated rings. The summed E-state index contributed by atoms with van der Waals surface area (Å²) in [6.45, 7) is 1.56. The molecule has 0 aromatic heterocycles. The van der Waals surface area contributed by atoms with Crippen LogP contribution >= 0.6 is 0 Å². The van der Waals surface area contributed by atoms with E-state index in [1.54, 1.807) is 13.2 Å². The molecule has 1 saturated heterocycles. The Labute approximate surface area is 193 Å². The molecule has 0 spiro atoms. The van der Waals surface area contributed by atoms with Crippen LogP contribution in [0.3, 0.4) is 0 Å². The summed E-state index contributed by atoms with van der Waals surface area (Å²) in [5, 5.41) is 9.57. The second-order valence-electron chi connectivity index (χ2n) is 8.31. The molecule has 1 aliphatic rings. The summed E-state index contributed by atoms with van der Waals surface area (Å²) in [7, 11) is 1.59. The molecule has 0 amide bonds. The predicted molar refractivity (Wildman–Crippen MR) is 124 cm³/mol. The number of ether oxygens (including phenoxy) is 2. The van der Waals surface area contributed by atoms with Gasteiger partial charge in [-0.2, -0.15) is 0 Å². The van der Waals surface area contributed by atoms with E-state index in [0.29, 0.717) is 31.1 Å². The summed E-state index contributed by atoms with van der Waals surface area (Å²) in [4.78, 5) is 13.8. The Morgan fingerprint density at radius 3 is 2.58 bits per heavy atom. The van der Waals surface area contributed by atoms with Gasteiger partial charge in [-0.15, -0.1) is 0 Å². The third-order valence-corrected chi connectivity index (χ3v) is 6.07. The quantitative estimate of drug-likeness (QED) is 0.506. The van der Waals surface area contributed by atoms with Gasteiger partial charge in [-0.05, 0) is 60.3 Å². The van der Waals surface area contributed by atoms with Gasteiger partial charge >= 0.3 is 5.97 Å². The van der Waals surface area contributed by atoms with E-state index >= 15 is 0 Å². The van der Waals surface area contributed by atoms with Gasteiger partial charge in [0.25, 0.3) is 0 Å². The maximum absolute atomic E-state index is 14.1. The minimum atomic E-state index is -0.792. The Balaban J connectivity index is 1.65. The van der Waals surface area contributed by atoms with Crippen LogP contribution in [0.2, 0.25) is 0 Å². The number of hydrogen-bond donors (Lipinski definition) is 1. The molecule has 1 aliphatic heterocycles. The van der Waals surface area contributed by atoms with E-state index in [1.165, 1.54) is 12.1 Å². The average Bonchev–Trinajstić information content (AvgIpc) is 2.84. The van der Waals surface area contributed by atoms with Gasteiger partial charge in [0.1, 0.15) is 12.4 Å². The van der Waals surface area contributed by atoms with Gasteiger partial charge in [-0.1, -0.05) is 48.5 Å². The van der Waals surface area contributed by atoms with Gasteiger partial charge in [0, 0.05) is 6.54 Å². The van der Waals surface area contributed by atoms with Crippen molar-refractivity contribution in [1.29, 1.82) is 0 Å². The molecule has 33 heavy (non-hydrogen) atoms. The van der Waals surface area contributed by atoms with Crippen LogP contribution < -0.4 is 9.47 Å². The molecule has 0 saturated carbocycles. The molecule has 0 radical (unpaired) electrons. The maximum Gasteiger partial charge on any atom is 0.307 e. The second kappa shape index (κ2) is 10.5. The van der Waals surface area contributed by atoms with Gasteiger partial charge in [0.15, 0.2) is 11.5 Å². The van der Waals surface area contributed by atoms with E-state index in [0.717, 1.165) is 29.7 Å². The largest absolute Gasteiger partial charge is 0.493 e. The zero-order chi connectivity index (χ0) is 23.2. The SMILES string of the molecule is COc1cc(C(c2cccc(F)c2)N2CCCC(C(=O)O)C2)ccc1OCc1ccccc1. The molecular formula is C27H28FNO4. The Morgan fingerprint density at radius 1 is 1.06 bits per heavy atom. The molecule has 2 atom stereocenters. The number of halogens is 1. The number of hydrogen-bond acceptors (Lipinski definition) is 4. The first-order valence-electron chi connectivity index (χ1n) is 11.1. The molecule has 2 unspecified atom stereocenters. The Morgan fingerprint density at radius 2 is 1.85 bits per heavy atom. The zero-order valence-electron chi connectivity index (χ0n) is 18.6. The molecule has 172 valence electrons. The fraction of sp³-hybridized carbons (Fsp3) is 0.296. The number of benzene rings is 3. The highest BCUT2D eigenvalue weighted by Crippen LogP contribution is 2.37. The first-order valence-corrected chi connectivity index (χ1v) is 11.1. The molecule has 3 aromatic rings. The van der Waals surface area contributed by atoms with Gasteiger partial charge < -0.3 is 14.6 Å². The van der Waals surface area contributed by atoms with Crippen LogP contribution in [0, 0.1) is 11.7 Å². The number of carbonyl (C=O) groups is 1. The number of nitrogens with zero attached hydrogens (tertiary/aromatic N) is 1. The molecule has 4 rings (SSSR count). The highest BCUT2D eigenvalue weighted by molar-refractivity contribution is 5.70.